The molecule has 3 aromatic rings. The van der Waals surface area contributed by atoms with Crippen molar-refractivity contribution >= 4 is 24.5 Å². The minimum atomic E-state index is -3.27. The lowest BCUT2D eigenvalue weighted by molar-refractivity contribution is -0.166. The van der Waals surface area contributed by atoms with Gasteiger partial charge in [-0.1, -0.05) is 91.8 Å². The molecule has 4 nitrogen and oxygen atoms in total. The second kappa shape index (κ2) is 11.3. The Labute approximate surface area is 231 Å². The van der Waals surface area contributed by atoms with Gasteiger partial charge in [0.05, 0.1) is 31.6 Å². The van der Waals surface area contributed by atoms with Gasteiger partial charge in [-0.3, -0.25) is 0 Å². The van der Waals surface area contributed by atoms with Gasteiger partial charge in [0.15, 0.2) is 7.79 Å². The highest BCUT2D eigenvalue weighted by atomic mass is 31.2. The van der Waals surface area contributed by atoms with Crippen LogP contribution in [-0.4, -0.2) is 20.2 Å². The van der Waals surface area contributed by atoms with Crippen LogP contribution in [0.3, 0.4) is 0 Å². The van der Waals surface area contributed by atoms with Crippen molar-refractivity contribution in [2.75, 3.05) is 29.5 Å². The van der Waals surface area contributed by atoms with Crippen LogP contribution in [-0.2, 0) is 0 Å². The third-order valence-corrected chi connectivity index (χ3v) is 10.9. The molecule has 0 N–H and O–H groups in total. The molecule has 4 rings (SSSR count). The van der Waals surface area contributed by atoms with E-state index >= 15 is 4.89 Å². The molecule has 5 heteroatoms. The van der Waals surface area contributed by atoms with Crippen molar-refractivity contribution in [3.8, 4) is 5.75 Å². The molecule has 1 fully saturated rings. The normalized spacial score (nSPS) is 15.4. The van der Waals surface area contributed by atoms with E-state index < -0.39 is 7.79 Å². The summed E-state index contributed by atoms with van der Waals surface area (Å²) in [5.74, 6) is 2.04. The monoisotopic (exact) mass is 532 g/mol. The van der Waals surface area contributed by atoms with Crippen LogP contribution in [0.15, 0.2) is 60.7 Å². The van der Waals surface area contributed by atoms with Crippen molar-refractivity contribution < 1.29 is 9.63 Å². The third kappa shape index (κ3) is 4.94. The number of hydrogen-bond acceptors (Lipinski definition) is 4. The van der Waals surface area contributed by atoms with E-state index in [0.29, 0.717) is 36.8 Å². The first-order valence-electron chi connectivity index (χ1n) is 14.1. The first-order chi connectivity index (χ1) is 18.0. The van der Waals surface area contributed by atoms with Crippen molar-refractivity contribution in [1.29, 1.82) is 0 Å². The van der Waals surface area contributed by atoms with E-state index in [0.717, 1.165) is 22.4 Å². The average molecular weight is 533 g/mol. The van der Waals surface area contributed by atoms with Crippen molar-refractivity contribution in [3.05, 3.63) is 82.9 Å². The molecule has 0 atom stereocenters. The van der Waals surface area contributed by atoms with E-state index in [1.54, 1.807) is 7.11 Å². The van der Waals surface area contributed by atoms with Gasteiger partial charge in [-0.2, -0.15) is 0 Å². The van der Waals surface area contributed by atoms with E-state index in [9.17, 15) is 0 Å². The minimum Gasteiger partial charge on any atom is -0.638 e. The first kappa shape index (κ1) is 28.5. The summed E-state index contributed by atoms with van der Waals surface area (Å²) in [7, 11) is -1.60. The van der Waals surface area contributed by atoms with E-state index in [1.807, 2.05) is 24.3 Å². The Kier molecular flexibility index (Phi) is 8.45. The lowest BCUT2D eigenvalue weighted by Gasteiger charge is -2.43. The van der Waals surface area contributed by atoms with Gasteiger partial charge >= 0.3 is 0 Å². The molecule has 1 saturated heterocycles. The molecule has 0 spiro atoms. The number of nitrogens with zero attached hydrogens (tertiary/aromatic N) is 2. The van der Waals surface area contributed by atoms with Gasteiger partial charge in [-0.05, 0) is 70.2 Å². The largest absolute Gasteiger partial charge is 0.638 e. The van der Waals surface area contributed by atoms with Gasteiger partial charge in [0.25, 0.3) is 0 Å². The zero-order chi connectivity index (χ0) is 27.8. The van der Waals surface area contributed by atoms with Crippen molar-refractivity contribution in [3.63, 3.8) is 0 Å². The lowest BCUT2D eigenvalue weighted by atomic mass is 9.92. The number of rotatable bonds is 8. The molecular weight excluding hydrogens is 487 g/mol. The zero-order valence-corrected chi connectivity index (χ0v) is 25.5. The number of anilines is 2. The Hall–Kier alpha value is -2.55. The van der Waals surface area contributed by atoms with E-state index in [4.69, 9.17) is 4.74 Å². The standard InChI is InChI=1S/C33H45N2O2P/c1-22(2)28-12-10-13-29(23(3)4)32(28)34-20-21-35(38(34,36)27-18-16-26(37-9)17-19-27)33-30(24(5)6)14-11-15-31(33)25(7)8/h10-19,22-25H,20-21H2,1-9H3. The number of methoxy groups -OCH3 is 1. The number of para-hydroxylation sites is 2. The quantitative estimate of drug-likeness (QED) is 0.276. The second-order valence-electron chi connectivity index (χ2n) is 11.7. The summed E-state index contributed by atoms with van der Waals surface area (Å²) in [6.07, 6.45) is 0. The Balaban J connectivity index is 2.04. The zero-order valence-electron chi connectivity index (χ0n) is 24.7. The predicted octanol–water partition coefficient (Wildman–Crippen LogP) is 7.96. The fourth-order valence-electron chi connectivity index (χ4n) is 5.76. The maximum absolute atomic E-state index is 16.0. The molecule has 1 heterocycles. The van der Waals surface area contributed by atoms with Crippen molar-refractivity contribution in [2.45, 2.75) is 79.1 Å². The minimum absolute atomic E-state index is 0.316. The average Bonchev–Trinajstić information content (AvgIpc) is 3.24. The van der Waals surface area contributed by atoms with Gasteiger partial charge in [-0.15, -0.1) is 0 Å². The molecule has 0 amide bonds. The van der Waals surface area contributed by atoms with Crippen LogP contribution in [0.25, 0.3) is 0 Å². The number of ether oxygens (including phenoxy) is 1. The van der Waals surface area contributed by atoms with Gasteiger partial charge in [0.1, 0.15) is 11.1 Å². The van der Waals surface area contributed by atoms with Crippen LogP contribution in [0.4, 0.5) is 11.4 Å². The lowest BCUT2D eigenvalue weighted by Crippen LogP contribution is -2.42. The van der Waals surface area contributed by atoms with Gasteiger partial charge in [0.2, 0.25) is 0 Å². The molecule has 0 aromatic heterocycles. The molecular formula is C33H45N2O2P. The van der Waals surface area contributed by atoms with Gasteiger partial charge in [-0.25, -0.2) is 9.34 Å². The Morgan fingerprint density at radius 3 is 1.24 bits per heavy atom. The van der Waals surface area contributed by atoms with E-state index in [-0.39, 0.29) is 0 Å². The third-order valence-electron chi connectivity index (χ3n) is 7.79. The molecule has 0 radical (unpaired) electrons. The summed E-state index contributed by atoms with van der Waals surface area (Å²) in [4.78, 5) is 16.0. The maximum Gasteiger partial charge on any atom is 0.187 e. The summed E-state index contributed by atoms with van der Waals surface area (Å²) in [5, 5.41) is 0.845. The Morgan fingerprint density at radius 1 is 0.605 bits per heavy atom. The first-order valence-corrected chi connectivity index (χ1v) is 15.7. The maximum atomic E-state index is 16.0. The molecule has 0 saturated carbocycles. The topological polar surface area (TPSA) is 38.8 Å². The molecule has 38 heavy (non-hydrogen) atoms. The Morgan fingerprint density at radius 2 is 0.947 bits per heavy atom. The fraction of sp³-hybridized carbons (Fsp3) is 0.455. The van der Waals surface area contributed by atoms with Crippen LogP contribution >= 0.6 is 7.79 Å². The second-order valence-corrected chi connectivity index (χ2v) is 14.2. The fourth-order valence-corrected chi connectivity index (χ4v) is 8.84. The molecule has 204 valence electrons. The smallest absolute Gasteiger partial charge is 0.187 e. The summed E-state index contributed by atoms with van der Waals surface area (Å²) in [6, 6.07) is 21.1. The molecule has 0 bridgehead atoms. The highest BCUT2D eigenvalue weighted by molar-refractivity contribution is 7.79. The van der Waals surface area contributed by atoms with Crippen LogP contribution in [0.1, 0.15) is 101 Å². The number of hydrogen-bond donors (Lipinski definition) is 0. The molecule has 0 aliphatic carbocycles. The van der Waals surface area contributed by atoms with E-state index in [2.05, 4.69) is 101 Å². The molecule has 3 aromatic carbocycles. The predicted molar refractivity (Wildman–Crippen MR) is 163 cm³/mol. The van der Waals surface area contributed by atoms with Crippen LogP contribution in [0.2, 0.25) is 0 Å². The molecule has 1 aliphatic heterocycles. The van der Waals surface area contributed by atoms with E-state index in [1.165, 1.54) is 22.3 Å². The van der Waals surface area contributed by atoms with Gasteiger partial charge in [0, 0.05) is 0 Å². The number of benzene rings is 3. The van der Waals surface area contributed by atoms with Crippen molar-refractivity contribution in [1.82, 2.24) is 0 Å². The van der Waals surface area contributed by atoms with Gasteiger partial charge < -0.3 is 9.63 Å². The van der Waals surface area contributed by atoms with Crippen LogP contribution < -0.4 is 24.3 Å². The SMILES string of the molecule is COc1ccc([P+]2([O-])N(c3c(C(C)C)cccc3C(C)C)CCN2c2c(C(C)C)cccc2C(C)C)cc1. The van der Waals surface area contributed by atoms with Crippen LogP contribution in [0, 0.1) is 0 Å². The molecule has 0 unspecified atom stereocenters. The summed E-state index contributed by atoms with van der Waals surface area (Å²) >= 11 is 0. The highest BCUT2D eigenvalue weighted by Gasteiger charge is 2.52. The van der Waals surface area contributed by atoms with Crippen molar-refractivity contribution in [2.24, 2.45) is 0 Å². The summed E-state index contributed by atoms with van der Waals surface area (Å²) in [5.41, 5.74) is 7.32. The Bertz CT molecular complexity index is 1130. The highest BCUT2D eigenvalue weighted by Crippen LogP contribution is 2.65. The summed E-state index contributed by atoms with van der Waals surface area (Å²) in [6.45, 7) is 19.3. The molecule has 1 aliphatic rings. The summed E-state index contributed by atoms with van der Waals surface area (Å²) < 4.78 is 10.0. The van der Waals surface area contributed by atoms with Crippen LogP contribution in [0.5, 0.6) is 5.75 Å².